The van der Waals surface area contributed by atoms with E-state index in [1.165, 1.54) is 5.56 Å². The number of rotatable bonds is 3. The smallest absolute Gasteiger partial charge is 0.338 e. The van der Waals surface area contributed by atoms with Gasteiger partial charge in [-0.3, -0.25) is 0 Å². The van der Waals surface area contributed by atoms with Gasteiger partial charge in [-0.1, -0.05) is 68.4 Å². The quantitative estimate of drug-likeness (QED) is 0.785. The molecule has 0 aliphatic heterocycles. The van der Waals surface area contributed by atoms with Crippen LogP contribution in [0.5, 0.6) is 0 Å². The number of nitrogens with zero attached hydrogens (tertiary/aromatic N) is 1. The lowest BCUT2D eigenvalue weighted by atomic mass is 10.0. The predicted molar refractivity (Wildman–Crippen MR) is 88.6 cm³/mol. The van der Waals surface area contributed by atoms with Gasteiger partial charge in [-0.2, -0.15) is 9.59 Å². The van der Waals surface area contributed by atoms with Crippen molar-refractivity contribution in [2.45, 2.75) is 19.8 Å². The summed E-state index contributed by atoms with van der Waals surface area (Å²) in [6.45, 7) is 4.41. The molecule has 4 heteroatoms. The first-order chi connectivity index (χ1) is 11.2. The third-order valence-corrected chi connectivity index (χ3v) is 3.51. The molecule has 1 aromatic heterocycles. The fourth-order valence-electron chi connectivity index (χ4n) is 2.26. The molecule has 0 amide bonds. The Kier molecular flexibility index (Phi) is 5.61. The van der Waals surface area contributed by atoms with E-state index in [1.54, 1.807) is 0 Å². The fraction of sp³-hybridized carbons (Fsp3) is 0.158. The van der Waals surface area contributed by atoms with Crippen molar-refractivity contribution in [1.29, 1.82) is 0 Å². The monoisotopic (exact) mass is 306 g/mol. The summed E-state index contributed by atoms with van der Waals surface area (Å²) < 4.78 is 0. The number of imidazole rings is 1. The number of aromatic amines is 1. The molecule has 116 valence electrons. The number of H-pyrrole nitrogens is 1. The standard InChI is InChI=1S/C18H18N2.CO2/c1-13(2)14-8-10-16(11-9-14)18-19-12-17(20-18)15-6-4-3-5-7-15;2-1-3/h3-13H,1-2H3,(H,19,20);. The first kappa shape index (κ1) is 16.4. The summed E-state index contributed by atoms with van der Waals surface area (Å²) in [5.41, 5.74) is 4.68. The molecule has 0 fully saturated rings. The van der Waals surface area contributed by atoms with Crippen molar-refractivity contribution >= 4 is 6.15 Å². The Labute approximate surface area is 135 Å². The summed E-state index contributed by atoms with van der Waals surface area (Å²) in [6.07, 6.45) is 2.14. The second-order valence-electron chi connectivity index (χ2n) is 5.37. The summed E-state index contributed by atoms with van der Waals surface area (Å²) in [5.74, 6) is 1.47. The highest BCUT2D eigenvalue weighted by Gasteiger charge is 2.06. The van der Waals surface area contributed by atoms with E-state index in [0.29, 0.717) is 5.92 Å². The van der Waals surface area contributed by atoms with E-state index in [9.17, 15) is 0 Å². The minimum atomic E-state index is 0.250. The van der Waals surface area contributed by atoms with E-state index in [4.69, 9.17) is 9.59 Å². The molecule has 4 nitrogen and oxygen atoms in total. The second kappa shape index (κ2) is 7.87. The molecule has 0 unspecified atom stereocenters. The molecular weight excluding hydrogens is 288 g/mol. The molecule has 0 bridgehead atoms. The first-order valence-electron chi connectivity index (χ1n) is 7.35. The number of benzene rings is 2. The number of carbonyl (C=O) groups excluding carboxylic acids is 2. The molecule has 0 aliphatic rings. The average molecular weight is 306 g/mol. The normalized spacial score (nSPS) is 9.87. The Balaban J connectivity index is 0.000000595. The van der Waals surface area contributed by atoms with E-state index < -0.39 is 0 Å². The molecular formula is C19H18N2O2. The molecule has 3 rings (SSSR count). The highest BCUT2D eigenvalue weighted by Crippen LogP contribution is 2.23. The molecule has 0 radical (unpaired) electrons. The molecule has 0 atom stereocenters. The van der Waals surface area contributed by atoms with Crippen LogP contribution in [0.3, 0.4) is 0 Å². The number of nitrogens with one attached hydrogen (secondary N) is 1. The van der Waals surface area contributed by atoms with Crippen molar-refractivity contribution in [2.75, 3.05) is 0 Å². The SMILES string of the molecule is CC(C)c1ccc(-c2ncc(-c3ccccc3)[nH]2)cc1.O=C=O. The zero-order chi connectivity index (χ0) is 16.7. The van der Waals surface area contributed by atoms with Gasteiger partial charge in [0.2, 0.25) is 0 Å². The zero-order valence-electron chi connectivity index (χ0n) is 13.1. The second-order valence-corrected chi connectivity index (χ2v) is 5.37. The van der Waals surface area contributed by atoms with Crippen molar-refractivity contribution in [3.8, 4) is 22.6 Å². The van der Waals surface area contributed by atoms with Gasteiger partial charge in [0.05, 0.1) is 11.9 Å². The van der Waals surface area contributed by atoms with Crippen LogP contribution in [0.25, 0.3) is 22.6 Å². The molecule has 0 aliphatic carbocycles. The highest BCUT2D eigenvalue weighted by atomic mass is 16.2. The highest BCUT2D eigenvalue weighted by molar-refractivity contribution is 5.64. The minimum absolute atomic E-state index is 0.250. The Morgan fingerprint density at radius 2 is 1.52 bits per heavy atom. The number of hydrogen-bond donors (Lipinski definition) is 1. The third-order valence-electron chi connectivity index (χ3n) is 3.51. The van der Waals surface area contributed by atoms with Crippen molar-refractivity contribution in [2.24, 2.45) is 0 Å². The summed E-state index contributed by atoms with van der Waals surface area (Å²) in [7, 11) is 0. The van der Waals surface area contributed by atoms with Crippen LogP contribution >= 0.6 is 0 Å². The van der Waals surface area contributed by atoms with Crippen LogP contribution in [0.15, 0.2) is 60.8 Å². The molecule has 2 aromatic carbocycles. The molecule has 0 spiro atoms. The van der Waals surface area contributed by atoms with E-state index >= 15 is 0 Å². The Morgan fingerprint density at radius 3 is 2.09 bits per heavy atom. The van der Waals surface area contributed by atoms with Gasteiger partial charge in [-0.05, 0) is 17.0 Å². The molecule has 0 saturated heterocycles. The van der Waals surface area contributed by atoms with Gasteiger partial charge in [-0.15, -0.1) is 0 Å². The number of hydrogen-bond acceptors (Lipinski definition) is 3. The Bertz CT molecular complexity index is 769. The van der Waals surface area contributed by atoms with E-state index in [0.717, 1.165) is 22.6 Å². The van der Waals surface area contributed by atoms with Gasteiger partial charge in [0.1, 0.15) is 5.82 Å². The van der Waals surface area contributed by atoms with Gasteiger partial charge >= 0.3 is 6.15 Å². The van der Waals surface area contributed by atoms with Gasteiger partial charge < -0.3 is 4.98 Å². The van der Waals surface area contributed by atoms with Crippen LogP contribution in [0.4, 0.5) is 0 Å². The van der Waals surface area contributed by atoms with Gasteiger partial charge in [0.15, 0.2) is 0 Å². The predicted octanol–water partition coefficient (Wildman–Crippen LogP) is 4.28. The lowest BCUT2D eigenvalue weighted by molar-refractivity contribution is -0.191. The summed E-state index contributed by atoms with van der Waals surface area (Å²) in [6, 6.07) is 18.9. The van der Waals surface area contributed by atoms with Crippen molar-refractivity contribution in [3.05, 3.63) is 66.4 Å². The maximum absolute atomic E-state index is 8.12. The molecule has 0 saturated carbocycles. The maximum atomic E-state index is 8.12. The lowest BCUT2D eigenvalue weighted by Crippen LogP contribution is -1.87. The van der Waals surface area contributed by atoms with Crippen LogP contribution in [0.1, 0.15) is 25.3 Å². The maximum Gasteiger partial charge on any atom is 0.373 e. The first-order valence-corrected chi connectivity index (χ1v) is 7.35. The van der Waals surface area contributed by atoms with E-state index in [-0.39, 0.29) is 6.15 Å². The molecule has 1 heterocycles. The Hall–Kier alpha value is -2.97. The van der Waals surface area contributed by atoms with Crippen molar-refractivity contribution < 1.29 is 9.59 Å². The summed E-state index contributed by atoms with van der Waals surface area (Å²) in [5, 5.41) is 0. The number of aromatic nitrogens is 2. The van der Waals surface area contributed by atoms with Gasteiger partial charge in [0, 0.05) is 5.56 Å². The average Bonchev–Trinajstić information content (AvgIpc) is 3.06. The summed E-state index contributed by atoms with van der Waals surface area (Å²) in [4.78, 5) is 24.1. The van der Waals surface area contributed by atoms with Crippen molar-refractivity contribution in [3.63, 3.8) is 0 Å². The lowest BCUT2D eigenvalue weighted by Gasteiger charge is -2.05. The van der Waals surface area contributed by atoms with Gasteiger partial charge in [0.25, 0.3) is 0 Å². The van der Waals surface area contributed by atoms with Crippen molar-refractivity contribution in [1.82, 2.24) is 9.97 Å². The minimum Gasteiger partial charge on any atom is -0.338 e. The largest absolute Gasteiger partial charge is 0.373 e. The van der Waals surface area contributed by atoms with Crippen LogP contribution < -0.4 is 0 Å². The molecule has 1 N–H and O–H groups in total. The van der Waals surface area contributed by atoms with E-state index in [1.807, 2.05) is 24.4 Å². The summed E-state index contributed by atoms with van der Waals surface area (Å²) >= 11 is 0. The van der Waals surface area contributed by atoms with Crippen LogP contribution in [-0.2, 0) is 9.59 Å². The van der Waals surface area contributed by atoms with E-state index in [2.05, 4.69) is 60.2 Å². The fourth-order valence-corrected chi connectivity index (χ4v) is 2.26. The van der Waals surface area contributed by atoms with Gasteiger partial charge in [-0.25, -0.2) is 4.98 Å². The Morgan fingerprint density at radius 1 is 0.913 bits per heavy atom. The molecule has 23 heavy (non-hydrogen) atoms. The van der Waals surface area contributed by atoms with Crippen LogP contribution in [-0.4, -0.2) is 16.1 Å². The van der Waals surface area contributed by atoms with Crippen LogP contribution in [0.2, 0.25) is 0 Å². The molecule has 3 aromatic rings. The third kappa shape index (κ3) is 4.25. The topological polar surface area (TPSA) is 62.8 Å². The zero-order valence-corrected chi connectivity index (χ0v) is 13.1. The van der Waals surface area contributed by atoms with Crippen LogP contribution in [0, 0.1) is 0 Å².